The Bertz CT molecular complexity index is 1430. The molecule has 0 saturated carbocycles. The Labute approximate surface area is 177 Å². The normalized spacial score (nSPS) is 11.5. The van der Waals surface area contributed by atoms with Crippen LogP contribution in [-0.4, -0.2) is 26.1 Å². The van der Waals surface area contributed by atoms with Crippen molar-refractivity contribution < 1.29 is 9.18 Å². The number of carbonyl (C=O) groups is 1. The summed E-state index contributed by atoms with van der Waals surface area (Å²) >= 11 is 0. The summed E-state index contributed by atoms with van der Waals surface area (Å²) in [5, 5.41) is 10.6. The molecule has 3 N–H and O–H groups in total. The quantitative estimate of drug-likeness (QED) is 0.357. The van der Waals surface area contributed by atoms with Gasteiger partial charge in [0.15, 0.2) is 0 Å². The van der Waals surface area contributed by atoms with E-state index in [9.17, 15) is 9.18 Å². The molecule has 154 valence electrons. The van der Waals surface area contributed by atoms with E-state index in [0.29, 0.717) is 16.9 Å². The largest absolute Gasteiger partial charge is 0.361 e. The van der Waals surface area contributed by atoms with Crippen molar-refractivity contribution in [3.8, 4) is 11.1 Å². The van der Waals surface area contributed by atoms with Crippen LogP contribution in [0.15, 0.2) is 60.9 Å². The summed E-state index contributed by atoms with van der Waals surface area (Å²) in [5.74, 6) is -0.859. The molecule has 0 unspecified atom stereocenters. The second kappa shape index (κ2) is 7.36. The van der Waals surface area contributed by atoms with E-state index in [-0.39, 0.29) is 17.2 Å². The average molecular weight is 413 g/mol. The molecule has 0 aliphatic carbocycles. The van der Waals surface area contributed by atoms with Crippen molar-refractivity contribution in [1.82, 2.24) is 20.2 Å². The minimum absolute atomic E-state index is 0.123. The van der Waals surface area contributed by atoms with Crippen LogP contribution in [-0.2, 0) is 0 Å². The van der Waals surface area contributed by atoms with Crippen LogP contribution in [0.2, 0.25) is 0 Å². The Morgan fingerprint density at radius 1 is 1.13 bits per heavy atom. The number of pyridine rings is 1. The molecule has 0 radical (unpaired) electrons. The number of nitrogens with zero attached hydrogens (tertiary/aromatic N) is 2. The maximum Gasteiger partial charge on any atom is 0.274 e. The number of benzene rings is 2. The number of carbonyl (C=O) groups excluding carboxylic acids is 1. The number of rotatable bonds is 4. The van der Waals surface area contributed by atoms with E-state index in [1.54, 1.807) is 18.3 Å². The van der Waals surface area contributed by atoms with Crippen LogP contribution >= 0.6 is 0 Å². The van der Waals surface area contributed by atoms with Crippen molar-refractivity contribution in [1.29, 1.82) is 0 Å². The van der Waals surface area contributed by atoms with Crippen LogP contribution in [0.1, 0.15) is 35.8 Å². The lowest BCUT2D eigenvalue weighted by Gasteiger charge is -2.13. The summed E-state index contributed by atoms with van der Waals surface area (Å²) in [6.45, 7) is 4.00. The minimum atomic E-state index is -0.596. The number of aromatic amines is 2. The Balaban J connectivity index is 1.64. The molecule has 6 nitrogen and oxygen atoms in total. The van der Waals surface area contributed by atoms with Crippen LogP contribution in [0.5, 0.6) is 0 Å². The lowest BCUT2D eigenvalue weighted by Crippen LogP contribution is -2.17. The highest BCUT2D eigenvalue weighted by molar-refractivity contribution is 6.10. The monoisotopic (exact) mass is 413 g/mol. The molecule has 0 aliphatic rings. The Morgan fingerprint density at radius 3 is 2.84 bits per heavy atom. The van der Waals surface area contributed by atoms with Gasteiger partial charge in [-0.15, -0.1) is 0 Å². The van der Waals surface area contributed by atoms with E-state index in [1.807, 2.05) is 56.4 Å². The van der Waals surface area contributed by atoms with Crippen LogP contribution in [0.4, 0.5) is 10.1 Å². The first kappa shape index (κ1) is 19.0. The standard InChI is InChI=1S/C24H20FN5O/c1-13(2)15-6-4-9-27-22(15)24(31)28-19-11-14(12-20-21(19)23(25)30-29-20)16-5-3-7-18-17(16)8-10-26-18/h3-13,26H,1-2H3,(H,28,31)(H,29,30). The molecule has 7 heteroatoms. The zero-order valence-corrected chi connectivity index (χ0v) is 17.0. The van der Waals surface area contributed by atoms with Crippen molar-refractivity contribution in [2.75, 3.05) is 5.32 Å². The summed E-state index contributed by atoms with van der Waals surface area (Å²) in [5.41, 5.74) is 4.71. The summed E-state index contributed by atoms with van der Waals surface area (Å²) in [6, 6.07) is 15.2. The van der Waals surface area contributed by atoms with Gasteiger partial charge in [-0.2, -0.15) is 9.49 Å². The lowest BCUT2D eigenvalue weighted by molar-refractivity contribution is 0.102. The van der Waals surface area contributed by atoms with Gasteiger partial charge in [-0.1, -0.05) is 32.0 Å². The second-order valence-electron chi connectivity index (χ2n) is 7.75. The third-order valence-electron chi connectivity index (χ3n) is 5.44. The second-order valence-corrected chi connectivity index (χ2v) is 7.75. The third kappa shape index (κ3) is 3.24. The van der Waals surface area contributed by atoms with Gasteiger partial charge in [-0.3, -0.25) is 14.9 Å². The number of fused-ring (bicyclic) bond motifs is 2. The highest BCUT2D eigenvalue weighted by Gasteiger charge is 2.19. The first-order valence-electron chi connectivity index (χ1n) is 10.0. The SMILES string of the molecule is CC(C)c1cccnc1C(=O)Nc1cc(-c2cccc3[nH]ccc23)cc2n[nH]c(F)c12. The van der Waals surface area contributed by atoms with Gasteiger partial charge in [0, 0.05) is 23.3 Å². The first-order chi connectivity index (χ1) is 15.0. The molecular weight excluding hydrogens is 393 g/mol. The number of amides is 1. The molecule has 3 heterocycles. The number of hydrogen-bond acceptors (Lipinski definition) is 3. The van der Waals surface area contributed by atoms with Gasteiger partial charge < -0.3 is 10.3 Å². The fourth-order valence-corrected chi connectivity index (χ4v) is 3.96. The predicted molar refractivity (Wildman–Crippen MR) is 120 cm³/mol. The summed E-state index contributed by atoms with van der Waals surface area (Å²) in [7, 11) is 0. The van der Waals surface area contributed by atoms with E-state index in [0.717, 1.165) is 27.6 Å². The maximum atomic E-state index is 14.5. The fourth-order valence-electron chi connectivity index (χ4n) is 3.96. The molecule has 31 heavy (non-hydrogen) atoms. The van der Waals surface area contributed by atoms with Crippen LogP contribution < -0.4 is 5.32 Å². The van der Waals surface area contributed by atoms with Crippen molar-refractivity contribution >= 4 is 33.4 Å². The van der Waals surface area contributed by atoms with E-state index < -0.39 is 5.95 Å². The van der Waals surface area contributed by atoms with Crippen molar-refractivity contribution in [2.45, 2.75) is 19.8 Å². The summed E-state index contributed by atoms with van der Waals surface area (Å²) in [6.07, 6.45) is 3.45. The van der Waals surface area contributed by atoms with E-state index >= 15 is 0 Å². The molecule has 3 aromatic heterocycles. The average Bonchev–Trinajstić information content (AvgIpc) is 3.40. The van der Waals surface area contributed by atoms with Gasteiger partial charge in [0.25, 0.3) is 5.91 Å². The molecule has 0 spiro atoms. The number of hydrogen-bond donors (Lipinski definition) is 3. The number of H-pyrrole nitrogens is 2. The summed E-state index contributed by atoms with van der Waals surface area (Å²) < 4.78 is 14.5. The van der Waals surface area contributed by atoms with Gasteiger partial charge in [0.1, 0.15) is 5.69 Å². The lowest BCUT2D eigenvalue weighted by atomic mass is 9.99. The number of aromatic nitrogens is 4. The van der Waals surface area contributed by atoms with Crippen LogP contribution in [0, 0.1) is 5.95 Å². The zero-order chi connectivity index (χ0) is 21.5. The molecule has 0 bridgehead atoms. The van der Waals surface area contributed by atoms with Gasteiger partial charge in [-0.25, -0.2) is 0 Å². The molecule has 0 atom stereocenters. The predicted octanol–water partition coefficient (Wildman–Crippen LogP) is 5.62. The minimum Gasteiger partial charge on any atom is -0.361 e. The van der Waals surface area contributed by atoms with Gasteiger partial charge in [0.05, 0.1) is 16.6 Å². The maximum absolute atomic E-state index is 14.5. The topological polar surface area (TPSA) is 86.5 Å². The van der Waals surface area contributed by atoms with E-state index in [1.165, 1.54) is 0 Å². The van der Waals surface area contributed by atoms with Crippen LogP contribution in [0.3, 0.4) is 0 Å². The molecule has 5 aromatic rings. The van der Waals surface area contributed by atoms with Crippen molar-refractivity contribution in [2.24, 2.45) is 0 Å². The van der Waals surface area contributed by atoms with Crippen molar-refractivity contribution in [3.63, 3.8) is 0 Å². The first-order valence-corrected chi connectivity index (χ1v) is 10.0. The Kier molecular flexibility index (Phi) is 4.51. The summed E-state index contributed by atoms with van der Waals surface area (Å²) in [4.78, 5) is 20.6. The molecule has 1 amide bonds. The highest BCUT2D eigenvalue weighted by atomic mass is 19.1. The third-order valence-corrected chi connectivity index (χ3v) is 5.44. The van der Waals surface area contributed by atoms with Crippen LogP contribution in [0.25, 0.3) is 32.9 Å². The number of halogens is 1. The van der Waals surface area contributed by atoms with Gasteiger partial charge in [0.2, 0.25) is 5.95 Å². The van der Waals surface area contributed by atoms with E-state index in [4.69, 9.17) is 0 Å². The fraction of sp³-hybridized carbons (Fsp3) is 0.125. The molecule has 0 fully saturated rings. The smallest absolute Gasteiger partial charge is 0.274 e. The Hall–Kier alpha value is -4.00. The van der Waals surface area contributed by atoms with Crippen molar-refractivity contribution in [3.05, 3.63) is 78.1 Å². The molecular formula is C24H20FN5O. The molecule has 0 aliphatic heterocycles. The number of nitrogens with one attached hydrogen (secondary N) is 3. The molecule has 0 saturated heterocycles. The Morgan fingerprint density at radius 2 is 2.00 bits per heavy atom. The van der Waals surface area contributed by atoms with Gasteiger partial charge >= 0.3 is 0 Å². The molecule has 5 rings (SSSR count). The number of anilines is 1. The van der Waals surface area contributed by atoms with E-state index in [2.05, 4.69) is 25.5 Å². The highest BCUT2D eigenvalue weighted by Crippen LogP contribution is 2.35. The molecule has 2 aromatic carbocycles. The zero-order valence-electron chi connectivity index (χ0n) is 17.0. The van der Waals surface area contributed by atoms with Gasteiger partial charge in [-0.05, 0) is 52.9 Å².